The van der Waals surface area contributed by atoms with Gasteiger partial charge in [-0.3, -0.25) is 9.59 Å². The quantitative estimate of drug-likeness (QED) is 0.853. The van der Waals surface area contributed by atoms with Gasteiger partial charge in [0.1, 0.15) is 5.76 Å². The molecule has 2 amide bonds. The third kappa shape index (κ3) is 5.14. The van der Waals surface area contributed by atoms with Crippen LogP contribution in [0.4, 0.5) is 0 Å². The molecule has 122 valence electrons. The molecule has 0 fully saturated rings. The molecule has 2 N–H and O–H groups in total. The molecule has 0 bridgehead atoms. The van der Waals surface area contributed by atoms with Crippen molar-refractivity contribution in [3.63, 3.8) is 0 Å². The maximum atomic E-state index is 11.9. The predicted octanol–water partition coefficient (Wildman–Crippen LogP) is 2.72. The maximum Gasteiger partial charge on any atom is 0.255 e. The Labute approximate surface area is 140 Å². The highest BCUT2D eigenvalue weighted by Crippen LogP contribution is 2.12. The summed E-state index contributed by atoms with van der Waals surface area (Å²) in [6.45, 7) is 3.52. The van der Waals surface area contributed by atoms with Crippen molar-refractivity contribution < 1.29 is 14.0 Å². The van der Waals surface area contributed by atoms with Crippen molar-refractivity contribution in [2.24, 2.45) is 0 Å². The number of hydrogen-bond donors (Lipinski definition) is 2. The molecule has 0 radical (unpaired) electrons. The van der Waals surface area contributed by atoms with Crippen LogP contribution < -0.4 is 10.6 Å². The number of carbonyl (C=O) groups is 2. The van der Waals surface area contributed by atoms with Crippen molar-refractivity contribution in [3.8, 4) is 0 Å². The van der Waals surface area contributed by atoms with E-state index in [-0.39, 0.29) is 24.4 Å². The summed E-state index contributed by atoms with van der Waals surface area (Å²) in [6, 6.07) is 9.02. The SMILES string of the molecule is Cc1occc1C(=O)NCC(=O)N[C@@H](C)Cc1cccc(Cl)c1. The topological polar surface area (TPSA) is 71.3 Å². The van der Waals surface area contributed by atoms with Gasteiger partial charge in [0.25, 0.3) is 5.91 Å². The summed E-state index contributed by atoms with van der Waals surface area (Å²) in [5.41, 5.74) is 1.48. The fraction of sp³-hybridized carbons (Fsp3) is 0.294. The van der Waals surface area contributed by atoms with E-state index in [0.29, 0.717) is 22.8 Å². The van der Waals surface area contributed by atoms with Gasteiger partial charge in [-0.1, -0.05) is 23.7 Å². The average Bonchev–Trinajstić information content (AvgIpc) is 2.91. The Kier molecular flexibility index (Phi) is 5.82. The van der Waals surface area contributed by atoms with Crippen LogP contribution >= 0.6 is 11.6 Å². The minimum Gasteiger partial charge on any atom is -0.469 e. The average molecular weight is 335 g/mol. The number of rotatable bonds is 6. The van der Waals surface area contributed by atoms with E-state index in [0.717, 1.165) is 5.56 Å². The van der Waals surface area contributed by atoms with Crippen LogP contribution in [0.15, 0.2) is 41.0 Å². The Morgan fingerprint density at radius 3 is 2.74 bits per heavy atom. The first-order valence-electron chi connectivity index (χ1n) is 7.32. The Bertz CT molecular complexity index is 697. The van der Waals surface area contributed by atoms with Crippen LogP contribution in [0.2, 0.25) is 5.02 Å². The number of nitrogens with one attached hydrogen (secondary N) is 2. The molecule has 0 saturated carbocycles. The molecule has 0 aliphatic heterocycles. The van der Waals surface area contributed by atoms with Crippen LogP contribution in [0.25, 0.3) is 0 Å². The van der Waals surface area contributed by atoms with Gasteiger partial charge >= 0.3 is 0 Å². The third-order valence-electron chi connectivity index (χ3n) is 3.35. The van der Waals surface area contributed by atoms with Crippen LogP contribution in [0.3, 0.4) is 0 Å². The van der Waals surface area contributed by atoms with E-state index in [1.165, 1.54) is 6.26 Å². The fourth-order valence-corrected chi connectivity index (χ4v) is 2.48. The molecular formula is C17H19ClN2O3. The third-order valence-corrected chi connectivity index (χ3v) is 3.59. The molecule has 1 heterocycles. The van der Waals surface area contributed by atoms with Gasteiger partial charge in [0, 0.05) is 11.1 Å². The minimum absolute atomic E-state index is 0.0615. The van der Waals surface area contributed by atoms with E-state index in [9.17, 15) is 9.59 Å². The lowest BCUT2D eigenvalue weighted by Gasteiger charge is -2.14. The number of benzene rings is 1. The summed E-state index contributed by atoms with van der Waals surface area (Å²) in [7, 11) is 0. The molecule has 2 aromatic rings. The summed E-state index contributed by atoms with van der Waals surface area (Å²) >= 11 is 5.94. The van der Waals surface area contributed by atoms with Crippen LogP contribution in [0.5, 0.6) is 0 Å². The zero-order valence-electron chi connectivity index (χ0n) is 13.1. The highest BCUT2D eigenvalue weighted by Gasteiger charge is 2.13. The summed E-state index contributed by atoms with van der Waals surface area (Å²) in [5, 5.41) is 6.08. The van der Waals surface area contributed by atoms with E-state index in [1.807, 2.05) is 31.2 Å². The molecule has 6 heteroatoms. The largest absolute Gasteiger partial charge is 0.469 e. The van der Waals surface area contributed by atoms with E-state index in [2.05, 4.69) is 10.6 Å². The molecule has 1 aromatic heterocycles. The number of hydrogen-bond acceptors (Lipinski definition) is 3. The molecule has 0 aliphatic rings. The zero-order valence-corrected chi connectivity index (χ0v) is 13.8. The summed E-state index contributed by atoms with van der Waals surface area (Å²) < 4.78 is 5.06. The molecule has 0 unspecified atom stereocenters. The van der Waals surface area contributed by atoms with Gasteiger partial charge in [0.05, 0.1) is 18.4 Å². The normalized spacial score (nSPS) is 11.8. The molecule has 1 aromatic carbocycles. The highest BCUT2D eigenvalue weighted by molar-refractivity contribution is 6.30. The summed E-state index contributed by atoms with van der Waals surface area (Å²) in [5.74, 6) is -0.0415. The lowest BCUT2D eigenvalue weighted by atomic mass is 10.1. The first kappa shape index (κ1) is 17.1. The fourth-order valence-electron chi connectivity index (χ4n) is 2.27. The zero-order chi connectivity index (χ0) is 16.8. The smallest absolute Gasteiger partial charge is 0.255 e. The van der Waals surface area contributed by atoms with E-state index in [1.54, 1.807) is 13.0 Å². The number of carbonyl (C=O) groups excluding carboxylic acids is 2. The summed E-state index contributed by atoms with van der Waals surface area (Å²) in [4.78, 5) is 23.8. The van der Waals surface area contributed by atoms with Crippen LogP contribution in [-0.4, -0.2) is 24.4 Å². The van der Waals surface area contributed by atoms with Gasteiger partial charge in [-0.15, -0.1) is 0 Å². The molecule has 0 spiro atoms. The van der Waals surface area contributed by atoms with Crippen molar-refractivity contribution in [2.45, 2.75) is 26.3 Å². The number of amides is 2. The monoisotopic (exact) mass is 334 g/mol. The second kappa shape index (κ2) is 7.83. The van der Waals surface area contributed by atoms with Gasteiger partial charge in [-0.25, -0.2) is 0 Å². The van der Waals surface area contributed by atoms with Crippen LogP contribution in [-0.2, 0) is 11.2 Å². The second-order valence-electron chi connectivity index (χ2n) is 5.38. The standard InChI is InChI=1S/C17H19ClN2O3/c1-11(8-13-4-3-5-14(18)9-13)20-16(21)10-19-17(22)15-6-7-23-12(15)2/h3-7,9,11H,8,10H2,1-2H3,(H,19,22)(H,20,21)/t11-/m0/s1. The lowest BCUT2D eigenvalue weighted by molar-refractivity contribution is -0.120. The Morgan fingerprint density at radius 2 is 2.09 bits per heavy atom. The van der Waals surface area contributed by atoms with Gasteiger partial charge < -0.3 is 15.1 Å². The molecule has 1 atom stereocenters. The number of aryl methyl sites for hydroxylation is 1. The predicted molar refractivity (Wildman–Crippen MR) is 88.5 cm³/mol. The van der Waals surface area contributed by atoms with E-state index < -0.39 is 0 Å². The second-order valence-corrected chi connectivity index (χ2v) is 5.81. The Balaban J connectivity index is 1.78. The molecule has 0 saturated heterocycles. The molecular weight excluding hydrogens is 316 g/mol. The summed E-state index contributed by atoms with van der Waals surface area (Å²) in [6.07, 6.45) is 2.11. The van der Waals surface area contributed by atoms with Crippen molar-refractivity contribution in [2.75, 3.05) is 6.54 Å². The molecule has 23 heavy (non-hydrogen) atoms. The molecule has 5 nitrogen and oxygen atoms in total. The van der Waals surface area contributed by atoms with Crippen LogP contribution in [0.1, 0.15) is 28.6 Å². The van der Waals surface area contributed by atoms with E-state index in [4.69, 9.17) is 16.0 Å². The Hall–Kier alpha value is -2.27. The van der Waals surface area contributed by atoms with Crippen LogP contribution in [0, 0.1) is 6.92 Å². The van der Waals surface area contributed by atoms with Gasteiger partial charge in [-0.05, 0) is 44.0 Å². The Morgan fingerprint density at radius 1 is 1.30 bits per heavy atom. The van der Waals surface area contributed by atoms with Gasteiger partial charge in [0.2, 0.25) is 5.91 Å². The van der Waals surface area contributed by atoms with Crippen molar-refractivity contribution in [1.29, 1.82) is 0 Å². The maximum absolute atomic E-state index is 11.9. The number of halogens is 1. The van der Waals surface area contributed by atoms with Gasteiger partial charge in [-0.2, -0.15) is 0 Å². The molecule has 2 rings (SSSR count). The minimum atomic E-state index is -0.325. The first-order chi connectivity index (χ1) is 11.0. The molecule has 0 aliphatic carbocycles. The van der Waals surface area contributed by atoms with Crippen molar-refractivity contribution >= 4 is 23.4 Å². The lowest BCUT2D eigenvalue weighted by Crippen LogP contribution is -2.41. The first-order valence-corrected chi connectivity index (χ1v) is 7.69. The van der Waals surface area contributed by atoms with Gasteiger partial charge in [0.15, 0.2) is 0 Å². The number of furan rings is 1. The highest BCUT2D eigenvalue weighted by atomic mass is 35.5. The van der Waals surface area contributed by atoms with Crippen molar-refractivity contribution in [3.05, 3.63) is 58.5 Å². The van der Waals surface area contributed by atoms with E-state index >= 15 is 0 Å². The van der Waals surface area contributed by atoms with Crippen molar-refractivity contribution in [1.82, 2.24) is 10.6 Å².